The lowest BCUT2D eigenvalue weighted by Gasteiger charge is -2.07. The van der Waals surface area contributed by atoms with E-state index in [2.05, 4.69) is 10.2 Å². The highest BCUT2D eigenvalue weighted by atomic mass is 16.3. The summed E-state index contributed by atoms with van der Waals surface area (Å²) in [7, 11) is 0. The summed E-state index contributed by atoms with van der Waals surface area (Å²) >= 11 is 0. The second-order valence-electron chi connectivity index (χ2n) is 3.19. The smallest absolute Gasteiger partial charge is 0.115 e. The molecule has 0 saturated heterocycles. The number of hydrogen-bond donors (Lipinski definition) is 1. The fourth-order valence-electron chi connectivity index (χ4n) is 1.19. The molecule has 0 fully saturated rings. The van der Waals surface area contributed by atoms with Crippen molar-refractivity contribution in [2.24, 2.45) is 10.2 Å². The fraction of sp³-hybridized carbons (Fsp3) is 0. The first-order chi connectivity index (χ1) is 7.75. The van der Waals surface area contributed by atoms with E-state index in [1.54, 1.807) is 12.1 Å². The maximum absolute atomic E-state index is 11.3. The number of azo groups is 1. The van der Waals surface area contributed by atoms with Crippen LogP contribution in [-0.4, -0.2) is 5.11 Å². The van der Waals surface area contributed by atoms with E-state index in [0.717, 1.165) is 6.07 Å². The van der Waals surface area contributed by atoms with E-state index in [9.17, 15) is 5.11 Å². The van der Waals surface area contributed by atoms with E-state index >= 15 is 0 Å². The lowest BCUT2D eigenvalue weighted by molar-refractivity contribution is -0.267. The predicted molar refractivity (Wildman–Crippen MR) is 58.2 cm³/mol. The molecule has 4 nitrogen and oxygen atoms in total. The highest BCUT2D eigenvalue weighted by Crippen LogP contribution is 2.28. The molecule has 0 aliphatic rings. The van der Waals surface area contributed by atoms with Gasteiger partial charge in [0.2, 0.25) is 0 Å². The van der Waals surface area contributed by atoms with E-state index in [1.807, 2.05) is 18.2 Å². The van der Waals surface area contributed by atoms with Crippen LogP contribution in [-0.2, 0) is 0 Å². The van der Waals surface area contributed by atoms with E-state index < -0.39 is 0 Å². The van der Waals surface area contributed by atoms with Gasteiger partial charge in [0.05, 0.1) is 11.4 Å². The first-order valence-corrected chi connectivity index (χ1v) is 4.72. The molecule has 2 aromatic carbocycles. The normalized spacial score (nSPS) is 10.8. The topological polar surface area (TPSA) is 68.0 Å². The second kappa shape index (κ2) is 4.44. The van der Waals surface area contributed by atoms with Crippen LogP contribution in [0.15, 0.2) is 58.8 Å². The highest BCUT2D eigenvalue weighted by molar-refractivity contribution is 5.53. The van der Waals surface area contributed by atoms with Crippen molar-refractivity contribution < 1.29 is 10.2 Å². The van der Waals surface area contributed by atoms with Crippen LogP contribution in [0.1, 0.15) is 0 Å². The van der Waals surface area contributed by atoms with Crippen molar-refractivity contribution in [3.8, 4) is 11.5 Å². The van der Waals surface area contributed by atoms with Crippen molar-refractivity contribution in [2.75, 3.05) is 0 Å². The van der Waals surface area contributed by atoms with E-state index in [-0.39, 0.29) is 17.2 Å². The Balaban J connectivity index is 2.24. The Morgan fingerprint density at radius 3 is 2.38 bits per heavy atom. The van der Waals surface area contributed by atoms with Crippen molar-refractivity contribution >= 4 is 11.4 Å². The van der Waals surface area contributed by atoms with Gasteiger partial charge in [0, 0.05) is 0 Å². The van der Waals surface area contributed by atoms with Gasteiger partial charge in [-0.15, -0.1) is 0 Å². The molecule has 0 atom stereocenters. The maximum atomic E-state index is 11.3. The summed E-state index contributed by atoms with van der Waals surface area (Å²) in [5.74, 6) is -0.414. The summed E-state index contributed by atoms with van der Waals surface area (Å²) < 4.78 is 0. The molecule has 2 aromatic rings. The molecular weight excluding hydrogens is 204 g/mol. The second-order valence-corrected chi connectivity index (χ2v) is 3.19. The van der Waals surface area contributed by atoms with Crippen LogP contribution in [0.3, 0.4) is 0 Å². The fourth-order valence-corrected chi connectivity index (χ4v) is 1.19. The Kier molecular flexibility index (Phi) is 2.82. The Hall–Kier alpha value is -2.36. The molecule has 1 N–H and O–H groups in total. The van der Waals surface area contributed by atoms with Crippen LogP contribution in [0.2, 0.25) is 0 Å². The Morgan fingerprint density at radius 2 is 1.69 bits per heavy atom. The van der Waals surface area contributed by atoms with Crippen LogP contribution in [0.25, 0.3) is 0 Å². The van der Waals surface area contributed by atoms with E-state index in [4.69, 9.17) is 5.11 Å². The summed E-state index contributed by atoms with van der Waals surface area (Å²) in [6.45, 7) is 0. The van der Waals surface area contributed by atoms with Crippen molar-refractivity contribution in [1.29, 1.82) is 0 Å². The van der Waals surface area contributed by atoms with E-state index in [0.29, 0.717) is 5.69 Å². The van der Waals surface area contributed by atoms with Crippen LogP contribution in [0.4, 0.5) is 11.4 Å². The highest BCUT2D eigenvalue weighted by Gasteiger charge is 1.93. The lowest BCUT2D eigenvalue weighted by Crippen LogP contribution is -1.88. The molecule has 0 unspecified atom stereocenters. The molecule has 2 rings (SSSR count). The molecule has 0 aliphatic carbocycles. The average molecular weight is 213 g/mol. The van der Waals surface area contributed by atoms with E-state index in [1.165, 1.54) is 12.1 Å². The van der Waals surface area contributed by atoms with Gasteiger partial charge in [0.1, 0.15) is 5.75 Å². The number of benzene rings is 2. The van der Waals surface area contributed by atoms with Gasteiger partial charge < -0.3 is 10.2 Å². The summed E-state index contributed by atoms with van der Waals surface area (Å²) in [5, 5.41) is 28.1. The van der Waals surface area contributed by atoms with Gasteiger partial charge in [0.15, 0.2) is 0 Å². The van der Waals surface area contributed by atoms with Crippen molar-refractivity contribution in [1.82, 2.24) is 0 Å². The molecule has 0 aliphatic heterocycles. The molecule has 0 spiro atoms. The molecule has 0 bridgehead atoms. The average Bonchev–Trinajstić information content (AvgIpc) is 2.29. The molecule has 16 heavy (non-hydrogen) atoms. The maximum Gasteiger partial charge on any atom is 0.115 e. The van der Waals surface area contributed by atoms with Crippen molar-refractivity contribution in [3.63, 3.8) is 0 Å². The Morgan fingerprint density at radius 1 is 0.938 bits per heavy atom. The van der Waals surface area contributed by atoms with Gasteiger partial charge in [0.25, 0.3) is 0 Å². The first kappa shape index (κ1) is 10.2. The summed E-state index contributed by atoms with van der Waals surface area (Å²) in [6, 6.07) is 13.1. The number of aromatic hydroxyl groups is 1. The predicted octanol–water partition coefficient (Wildman–Crippen LogP) is 2.88. The van der Waals surface area contributed by atoms with Crippen molar-refractivity contribution in [2.45, 2.75) is 0 Å². The molecular formula is C12H9N2O2-. The Labute approximate surface area is 92.5 Å². The van der Waals surface area contributed by atoms with Gasteiger partial charge in [-0.2, -0.15) is 10.2 Å². The largest absolute Gasteiger partial charge is 0.871 e. The summed E-state index contributed by atoms with van der Waals surface area (Å²) in [4.78, 5) is 0. The molecule has 0 aromatic heterocycles. The van der Waals surface area contributed by atoms with Crippen molar-refractivity contribution in [3.05, 3.63) is 48.5 Å². The third-order valence-corrected chi connectivity index (χ3v) is 1.97. The lowest BCUT2D eigenvalue weighted by atomic mass is 10.3. The van der Waals surface area contributed by atoms with Gasteiger partial charge in [-0.1, -0.05) is 23.9 Å². The zero-order valence-electron chi connectivity index (χ0n) is 8.37. The van der Waals surface area contributed by atoms with Crippen LogP contribution >= 0.6 is 0 Å². The Bertz CT molecular complexity index is 510. The van der Waals surface area contributed by atoms with Gasteiger partial charge in [-0.05, 0) is 30.3 Å². The van der Waals surface area contributed by atoms with Gasteiger partial charge in [-0.25, -0.2) is 0 Å². The minimum Gasteiger partial charge on any atom is -0.871 e. The monoisotopic (exact) mass is 213 g/mol. The van der Waals surface area contributed by atoms with Crippen LogP contribution in [0.5, 0.6) is 11.5 Å². The standard InChI is InChI=1S/C12H10N2O2/c15-10-6-7-11(12(16)8-10)14-13-9-4-2-1-3-5-9/h1-8,15-16H/p-1. The number of nitrogens with zero attached hydrogens (tertiary/aromatic N) is 2. The number of hydrogen-bond acceptors (Lipinski definition) is 4. The quantitative estimate of drug-likeness (QED) is 0.779. The molecule has 0 saturated carbocycles. The third-order valence-electron chi connectivity index (χ3n) is 1.97. The number of rotatable bonds is 2. The zero-order chi connectivity index (χ0) is 11.4. The molecule has 4 heteroatoms. The molecule has 0 heterocycles. The van der Waals surface area contributed by atoms with Gasteiger partial charge in [-0.3, -0.25) is 0 Å². The third kappa shape index (κ3) is 2.36. The van der Waals surface area contributed by atoms with Crippen LogP contribution in [0, 0.1) is 0 Å². The number of phenolic OH excluding ortho intramolecular Hbond substituents is 1. The van der Waals surface area contributed by atoms with Gasteiger partial charge >= 0.3 is 0 Å². The van der Waals surface area contributed by atoms with Crippen LogP contribution < -0.4 is 5.11 Å². The summed E-state index contributed by atoms with van der Waals surface area (Å²) in [5.41, 5.74) is 0.886. The number of phenols is 1. The molecule has 0 amide bonds. The zero-order valence-corrected chi connectivity index (χ0v) is 8.37. The minimum atomic E-state index is -0.348. The first-order valence-electron chi connectivity index (χ1n) is 4.72. The molecule has 0 radical (unpaired) electrons. The minimum absolute atomic E-state index is 0.0661. The SMILES string of the molecule is [O-]c1cc(O)ccc1N=Nc1ccccc1. The summed E-state index contributed by atoms with van der Waals surface area (Å²) in [6.07, 6.45) is 0. The molecule has 80 valence electrons.